The molecule has 1 unspecified atom stereocenters. The standard InChI is InChI=1S/C15H15NO/c1-11(15(16)17)13-8-5-9-14(10-13)12-6-3-2-4-7-12/h2-11H,1H3,(H2,16,17). The number of nitrogens with two attached hydrogens (primary N) is 1. The molecule has 0 heterocycles. The van der Waals surface area contributed by atoms with Crippen LogP contribution in [0.2, 0.25) is 0 Å². The summed E-state index contributed by atoms with van der Waals surface area (Å²) >= 11 is 0. The van der Waals surface area contributed by atoms with Crippen molar-refractivity contribution in [1.82, 2.24) is 0 Å². The highest BCUT2D eigenvalue weighted by atomic mass is 16.1. The molecule has 86 valence electrons. The fourth-order valence-corrected chi connectivity index (χ4v) is 1.78. The van der Waals surface area contributed by atoms with Crippen molar-refractivity contribution < 1.29 is 4.79 Å². The van der Waals surface area contributed by atoms with Gasteiger partial charge in [0.05, 0.1) is 5.92 Å². The van der Waals surface area contributed by atoms with Gasteiger partial charge in [0.2, 0.25) is 5.91 Å². The Bertz CT molecular complexity index is 519. The van der Waals surface area contributed by atoms with E-state index < -0.39 is 0 Å². The number of amides is 1. The molecule has 2 nitrogen and oxygen atoms in total. The minimum absolute atomic E-state index is 0.251. The van der Waals surface area contributed by atoms with Gasteiger partial charge in [-0.2, -0.15) is 0 Å². The summed E-state index contributed by atoms with van der Waals surface area (Å²) in [5, 5.41) is 0. The molecular formula is C15H15NO. The van der Waals surface area contributed by atoms with Crippen molar-refractivity contribution in [1.29, 1.82) is 0 Å². The number of carbonyl (C=O) groups is 1. The van der Waals surface area contributed by atoms with Crippen LogP contribution in [-0.4, -0.2) is 5.91 Å². The minimum atomic E-state index is -0.296. The molecule has 2 rings (SSSR count). The van der Waals surface area contributed by atoms with Gasteiger partial charge in [-0.15, -0.1) is 0 Å². The van der Waals surface area contributed by atoms with Gasteiger partial charge in [-0.05, 0) is 23.6 Å². The van der Waals surface area contributed by atoms with E-state index in [0.29, 0.717) is 0 Å². The Morgan fingerprint density at radius 2 is 1.65 bits per heavy atom. The highest BCUT2D eigenvalue weighted by Crippen LogP contribution is 2.23. The van der Waals surface area contributed by atoms with Gasteiger partial charge in [-0.3, -0.25) is 4.79 Å². The van der Waals surface area contributed by atoms with Crippen molar-refractivity contribution in [2.75, 3.05) is 0 Å². The fourth-order valence-electron chi connectivity index (χ4n) is 1.78. The van der Waals surface area contributed by atoms with Crippen LogP contribution >= 0.6 is 0 Å². The topological polar surface area (TPSA) is 43.1 Å². The predicted octanol–water partition coefficient (Wildman–Crippen LogP) is 2.94. The van der Waals surface area contributed by atoms with E-state index >= 15 is 0 Å². The Morgan fingerprint density at radius 1 is 1.00 bits per heavy atom. The van der Waals surface area contributed by atoms with Crippen LogP contribution in [0.25, 0.3) is 11.1 Å². The Morgan fingerprint density at radius 3 is 2.29 bits per heavy atom. The first kappa shape index (κ1) is 11.4. The number of hydrogen-bond donors (Lipinski definition) is 1. The molecule has 2 aromatic carbocycles. The molecule has 0 aromatic heterocycles. The summed E-state index contributed by atoms with van der Waals surface area (Å²) in [7, 11) is 0. The van der Waals surface area contributed by atoms with Gasteiger partial charge in [0.15, 0.2) is 0 Å². The van der Waals surface area contributed by atoms with E-state index in [1.165, 1.54) is 0 Å². The monoisotopic (exact) mass is 225 g/mol. The van der Waals surface area contributed by atoms with Crippen molar-refractivity contribution in [3.8, 4) is 11.1 Å². The third-order valence-corrected chi connectivity index (χ3v) is 2.92. The molecule has 0 spiro atoms. The lowest BCUT2D eigenvalue weighted by Gasteiger charge is -2.09. The lowest BCUT2D eigenvalue weighted by atomic mass is 9.96. The number of carbonyl (C=O) groups excluding carboxylic acids is 1. The Balaban J connectivity index is 2.39. The maximum absolute atomic E-state index is 11.2. The van der Waals surface area contributed by atoms with Crippen molar-refractivity contribution >= 4 is 5.91 Å². The Hall–Kier alpha value is -2.09. The lowest BCUT2D eigenvalue weighted by molar-refractivity contribution is -0.119. The van der Waals surface area contributed by atoms with E-state index in [1.807, 2.05) is 61.5 Å². The molecule has 2 N–H and O–H groups in total. The lowest BCUT2D eigenvalue weighted by Crippen LogP contribution is -2.18. The molecular weight excluding hydrogens is 210 g/mol. The quantitative estimate of drug-likeness (QED) is 0.857. The molecule has 0 aliphatic heterocycles. The van der Waals surface area contributed by atoms with Gasteiger partial charge >= 0.3 is 0 Å². The van der Waals surface area contributed by atoms with E-state index in [9.17, 15) is 4.79 Å². The van der Waals surface area contributed by atoms with E-state index in [0.717, 1.165) is 16.7 Å². The van der Waals surface area contributed by atoms with Gasteiger partial charge < -0.3 is 5.73 Å². The largest absolute Gasteiger partial charge is 0.369 e. The molecule has 2 heteroatoms. The summed E-state index contributed by atoms with van der Waals surface area (Å²) in [5.41, 5.74) is 8.53. The van der Waals surface area contributed by atoms with E-state index in [-0.39, 0.29) is 11.8 Å². The number of hydrogen-bond acceptors (Lipinski definition) is 1. The SMILES string of the molecule is CC(C(N)=O)c1cccc(-c2ccccc2)c1. The first-order chi connectivity index (χ1) is 8.18. The zero-order valence-corrected chi connectivity index (χ0v) is 9.76. The van der Waals surface area contributed by atoms with Crippen molar-refractivity contribution in [3.05, 3.63) is 60.2 Å². The molecule has 0 bridgehead atoms. The van der Waals surface area contributed by atoms with E-state index in [4.69, 9.17) is 5.73 Å². The summed E-state index contributed by atoms with van der Waals surface area (Å²) < 4.78 is 0. The van der Waals surface area contributed by atoms with Crippen molar-refractivity contribution in [3.63, 3.8) is 0 Å². The molecule has 0 radical (unpaired) electrons. The van der Waals surface area contributed by atoms with Crippen LogP contribution in [0.1, 0.15) is 18.4 Å². The molecule has 1 amide bonds. The third-order valence-electron chi connectivity index (χ3n) is 2.92. The summed E-state index contributed by atoms with van der Waals surface area (Å²) in [6.45, 7) is 1.83. The summed E-state index contributed by atoms with van der Waals surface area (Å²) in [4.78, 5) is 11.2. The van der Waals surface area contributed by atoms with Crippen LogP contribution < -0.4 is 5.73 Å². The fraction of sp³-hybridized carbons (Fsp3) is 0.133. The van der Waals surface area contributed by atoms with Crippen molar-refractivity contribution in [2.45, 2.75) is 12.8 Å². The van der Waals surface area contributed by atoms with E-state index in [2.05, 4.69) is 0 Å². The average molecular weight is 225 g/mol. The second-order valence-electron chi connectivity index (χ2n) is 4.12. The van der Waals surface area contributed by atoms with Crippen LogP contribution in [0.15, 0.2) is 54.6 Å². The summed E-state index contributed by atoms with van der Waals surface area (Å²) in [6.07, 6.45) is 0. The van der Waals surface area contributed by atoms with Crippen LogP contribution in [0.4, 0.5) is 0 Å². The molecule has 0 saturated heterocycles. The first-order valence-corrected chi connectivity index (χ1v) is 5.63. The molecule has 0 aliphatic rings. The number of benzene rings is 2. The summed E-state index contributed by atoms with van der Waals surface area (Å²) in [6, 6.07) is 18.0. The zero-order chi connectivity index (χ0) is 12.3. The van der Waals surface area contributed by atoms with Crippen LogP contribution in [0.5, 0.6) is 0 Å². The van der Waals surface area contributed by atoms with Crippen LogP contribution in [0, 0.1) is 0 Å². The second-order valence-corrected chi connectivity index (χ2v) is 4.12. The average Bonchev–Trinajstić information content (AvgIpc) is 2.39. The van der Waals surface area contributed by atoms with Crippen molar-refractivity contribution in [2.24, 2.45) is 5.73 Å². The van der Waals surface area contributed by atoms with Gasteiger partial charge in [0.1, 0.15) is 0 Å². The maximum atomic E-state index is 11.2. The Labute approximate surface area is 101 Å². The van der Waals surface area contributed by atoms with Gasteiger partial charge in [0, 0.05) is 0 Å². The Kier molecular flexibility index (Phi) is 3.24. The molecule has 0 aliphatic carbocycles. The smallest absolute Gasteiger partial charge is 0.224 e. The maximum Gasteiger partial charge on any atom is 0.224 e. The van der Waals surface area contributed by atoms with E-state index in [1.54, 1.807) is 0 Å². The van der Waals surface area contributed by atoms with Crippen LogP contribution in [0.3, 0.4) is 0 Å². The number of primary amides is 1. The highest BCUT2D eigenvalue weighted by molar-refractivity contribution is 5.82. The predicted molar refractivity (Wildman–Crippen MR) is 69.5 cm³/mol. The molecule has 2 aromatic rings. The molecule has 0 saturated carbocycles. The highest BCUT2D eigenvalue weighted by Gasteiger charge is 2.11. The molecule has 1 atom stereocenters. The normalized spacial score (nSPS) is 12.1. The summed E-state index contributed by atoms with van der Waals surface area (Å²) in [5.74, 6) is -0.547. The zero-order valence-electron chi connectivity index (χ0n) is 9.76. The minimum Gasteiger partial charge on any atom is -0.369 e. The second kappa shape index (κ2) is 4.83. The van der Waals surface area contributed by atoms with Gasteiger partial charge in [-0.25, -0.2) is 0 Å². The molecule has 17 heavy (non-hydrogen) atoms. The van der Waals surface area contributed by atoms with Gasteiger partial charge in [0.25, 0.3) is 0 Å². The number of rotatable bonds is 3. The van der Waals surface area contributed by atoms with Gasteiger partial charge in [-0.1, -0.05) is 54.6 Å². The first-order valence-electron chi connectivity index (χ1n) is 5.63. The van der Waals surface area contributed by atoms with Crippen LogP contribution in [-0.2, 0) is 4.79 Å². The molecule has 0 fully saturated rings. The third kappa shape index (κ3) is 2.53.